The lowest BCUT2D eigenvalue weighted by atomic mass is 10.1. The van der Waals surface area contributed by atoms with E-state index in [-0.39, 0.29) is 16.5 Å². The van der Waals surface area contributed by atoms with E-state index in [9.17, 15) is 18.0 Å². The van der Waals surface area contributed by atoms with Crippen LogP contribution in [-0.2, 0) is 11.0 Å². The molecule has 164 valence electrons. The lowest BCUT2D eigenvalue weighted by Gasteiger charge is -2.14. The van der Waals surface area contributed by atoms with Crippen LogP contribution in [0.15, 0.2) is 66.0 Å². The fourth-order valence-electron chi connectivity index (χ4n) is 3.05. The first-order valence-electron chi connectivity index (χ1n) is 9.41. The van der Waals surface area contributed by atoms with E-state index in [4.69, 9.17) is 11.6 Å². The topological polar surface area (TPSA) is 59.3 Å². The van der Waals surface area contributed by atoms with E-state index in [2.05, 4.69) is 15.4 Å². The maximum Gasteiger partial charge on any atom is 0.418 e. The molecule has 4 aromatic rings. The number of hydrogen-bond acceptors (Lipinski definition) is 4. The number of nitrogens with zero attached hydrogens (tertiary/aromatic N) is 3. The van der Waals surface area contributed by atoms with Crippen LogP contribution in [0.3, 0.4) is 0 Å². The number of aromatic nitrogens is 3. The van der Waals surface area contributed by atoms with Crippen LogP contribution < -0.4 is 5.32 Å². The number of carbonyl (C=O) groups excluding carboxylic acids is 1. The number of alkyl halides is 3. The Balaban J connectivity index is 1.51. The van der Waals surface area contributed by atoms with E-state index in [1.807, 2.05) is 37.3 Å². The summed E-state index contributed by atoms with van der Waals surface area (Å²) >= 11 is 6.79. The highest BCUT2D eigenvalue weighted by Crippen LogP contribution is 2.36. The average Bonchev–Trinajstić information content (AvgIpc) is 3.18. The van der Waals surface area contributed by atoms with Crippen LogP contribution in [0.25, 0.3) is 16.8 Å². The molecule has 0 bridgehead atoms. The van der Waals surface area contributed by atoms with E-state index >= 15 is 0 Å². The number of hydrogen-bond donors (Lipinski definition) is 1. The van der Waals surface area contributed by atoms with Crippen LogP contribution in [0.1, 0.15) is 11.1 Å². The summed E-state index contributed by atoms with van der Waals surface area (Å²) in [6.45, 7) is 2.00. The van der Waals surface area contributed by atoms with Gasteiger partial charge in [-0.3, -0.25) is 4.79 Å². The third kappa shape index (κ3) is 4.89. The minimum Gasteiger partial charge on any atom is -0.325 e. The lowest BCUT2D eigenvalue weighted by Crippen LogP contribution is -2.18. The molecule has 32 heavy (non-hydrogen) atoms. The van der Waals surface area contributed by atoms with Crippen LogP contribution in [-0.4, -0.2) is 26.3 Å². The second kappa shape index (κ2) is 8.84. The second-order valence-corrected chi connectivity index (χ2v) is 8.38. The maximum atomic E-state index is 13.2. The van der Waals surface area contributed by atoms with Gasteiger partial charge in [-0.1, -0.05) is 53.2 Å². The summed E-state index contributed by atoms with van der Waals surface area (Å²) < 4.78 is 41.4. The fraction of sp³-hybridized carbons (Fsp3) is 0.136. The number of aryl methyl sites for hydroxylation is 1. The molecule has 0 radical (unpaired) electrons. The van der Waals surface area contributed by atoms with Crippen LogP contribution in [0.4, 0.5) is 18.9 Å². The van der Waals surface area contributed by atoms with Gasteiger partial charge in [0.2, 0.25) is 5.91 Å². The molecule has 5 nitrogen and oxygen atoms in total. The average molecular weight is 477 g/mol. The van der Waals surface area contributed by atoms with Gasteiger partial charge in [-0.05, 0) is 31.2 Å². The SMILES string of the molecule is Cc1ccc(-c2cc3c(SCC(=O)Nc4ccc(Cl)cc4C(F)(F)F)nccn3n2)cc1. The summed E-state index contributed by atoms with van der Waals surface area (Å²) in [5.41, 5.74) is 2.18. The van der Waals surface area contributed by atoms with Crippen molar-refractivity contribution in [1.29, 1.82) is 0 Å². The molecule has 4 rings (SSSR count). The van der Waals surface area contributed by atoms with E-state index < -0.39 is 17.6 Å². The van der Waals surface area contributed by atoms with Gasteiger partial charge in [-0.2, -0.15) is 18.3 Å². The summed E-state index contributed by atoms with van der Waals surface area (Å²) in [5.74, 6) is -0.720. The Bertz CT molecular complexity index is 1290. The summed E-state index contributed by atoms with van der Waals surface area (Å²) in [6, 6.07) is 13.0. The highest BCUT2D eigenvalue weighted by Gasteiger charge is 2.34. The number of amides is 1. The molecule has 10 heteroatoms. The number of benzene rings is 2. The Hall–Kier alpha value is -3.04. The van der Waals surface area contributed by atoms with Gasteiger partial charge in [0.25, 0.3) is 0 Å². The van der Waals surface area contributed by atoms with Gasteiger partial charge in [0, 0.05) is 23.0 Å². The Morgan fingerprint density at radius 2 is 1.91 bits per heavy atom. The molecule has 0 aliphatic rings. The van der Waals surface area contributed by atoms with Crippen LogP contribution in [0.5, 0.6) is 0 Å². The van der Waals surface area contributed by atoms with Gasteiger partial charge in [0.05, 0.1) is 28.2 Å². The monoisotopic (exact) mass is 476 g/mol. The molecule has 1 amide bonds. The molecule has 0 atom stereocenters. The minimum atomic E-state index is -4.64. The molecular formula is C22H16ClF3N4OS. The first kappa shape index (κ1) is 22.2. The smallest absolute Gasteiger partial charge is 0.325 e. The number of carbonyl (C=O) groups is 1. The predicted molar refractivity (Wildman–Crippen MR) is 119 cm³/mol. The molecule has 0 saturated carbocycles. The number of thioether (sulfide) groups is 1. The van der Waals surface area contributed by atoms with Crippen molar-refractivity contribution in [3.8, 4) is 11.3 Å². The number of nitrogens with one attached hydrogen (secondary N) is 1. The molecule has 0 spiro atoms. The molecule has 2 heterocycles. The molecule has 0 aliphatic heterocycles. The van der Waals surface area contributed by atoms with Crippen molar-refractivity contribution >= 4 is 40.5 Å². The standard InChI is InChI=1S/C22H16ClF3N4OS/c1-13-2-4-14(5-3-13)18-11-19-21(27-8-9-30(19)29-18)32-12-20(31)28-17-7-6-15(23)10-16(17)22(24,25)26/h2-11H,12H2,1H3,(H,28,31). The lowest BCUT2D eigenvalue weighted by molar-refractivity contribution is -0.137. The van der Waals surface area contributed by atoms with Crippen molar-refractivity contribution < 1.29 is 18.0 Å². The van der Waals surface area contributed by atoms with Gasteiger partial charge >= 0.3 is 6.18 Å². The summed E-state index contributed by atoms with van der Waals surface area (Å²) in [5, 5.41) is 7.33. The van der Waals surface area contributed by atoms with E-state index in [0.29, 0.717) is 10.5 Å². The van der Waals surface area contributed by atoms with Crippen LogP contribution in [0, 0.1) is 6.92 Å². The molecule has 1 N–H and O–H groups in total. The zero-order valence-electron chi connectivity index (χ0n) is 16.7. The third-order valence-corrected chi connectivity index (χ3v) is 5.83. The van der Waals surface area contributed by atoms with Gasteiger partial charge in [0.1, 0.15) is 5.03 Å². The third-order valence-electron chi connectivity index (χ3n) is 4.60. The van der Waals surface area contributed by atoms with E-state index in [0.717, 1.165) is 40.7 Å². The number of rotatable bonds is 5. The molecule has 2 aromatic carbocycles. The number of anilines is 1. The van der Waals surface area contributed by atoms with Crippen LogP contribution >= 0.6 is 23.4 Å². The van der Waals surface area contributed by atoms with Crippen molar-refractivity contribution in [2.24, 2.45) is 0 Å². The van der Waals surface area contributed by atoms with E-state index in [1.54, 1.807) is 16.9 Å². The minimum absolute atomic E-state index is 0.0642. The first-order chi connectivity index (χ1) is 15.2. The van der Waals surface area contributed by atoms with Crippen LogP contribution in [0.2, 0.25) is 5.02 Å². The van der Waals surface area contributed by atoms with Crippen molar-refractivity contribution in [2.45, 2.75) is 18.1 Å². The molecule has 0 fully saturated rings. The molecule has 2 aromatic heterocycles. The zero-order valence-corrected chi connectivity index (χ0v) is 18.2. The van der Waals surface area contributed by atoms with Crippen molar-refractivity contribution in [3.05, 3.63) is 77.1 Å². The summed E-state index contributed by atoms with van der Waals surface area (Å²) in [4.78, 5) is 16.7. The highest BCUT2D eigenvalue weighted by atomic mass is 35.5. The zero-order chi connectivity index (χ0) is 22.9. The summed E-state index contributed by atoms with van der Waals surface area (Å²) in [6.07, 6.45) is -1.39. The Morgan fingerprint density at radius 1 is 1.16 bits per heavy atom. The summed E-state index contributed by atoms with van der Waals surface area (Å²) in [7, 11) is 0. The Kier molecular flexibility index (Phi) is 6.12. The molecule has 0 saturated heterocycles. The molecule has 0 aliphatic carbocycles. The highest BCUT2D eigenvalue weighted by molar-refractivity contribution is 8.00. The number of fused-ring (bicyclic) bond motifs is 1. The maximum absolute atomic E-state index is 13.2. The quantitative estimate of drug-likeness (QED) is 0.353. The fourth-order valence-corrected chi connectivity index (χ4v) is 4.00. The molecule has 0 unspecified atom stereocenters. The second-order valence-electron chi connectivity index (χ2n) is 6.98. The Morgan fingerprint density at radius 3 is 2.62 bits per heavy atom. The number of halogens is 4. The van der Waals surface area contributed by atoms with Crippen molar-refractivity contribution in [3.63, 3.8) is 0 Å². The normalized spacial score (nSPS) is 11.7. The first-order valence-corrected chi connectivity index (χ1v) is 10.8. The van der Waals surface area contributed by atoms with E-state index in [1.165, 1.54) is 6.07 Å². The van der Waals surface area contributed by atoms with Gasteiger partial charge in [-0.15, -0.1) is 0 Å². The van der Waals surface area contributed by atoms with Crippen molar-refractivity contribution in [2.75, 3.05) is 11.1 Å². The Labute approximate surface area is 190 Å². The van der Waals surface area contributed by atoms with Crippen molar-refractivity contribution in [1.82, 2.24) is 14.6 Å². The van der Waals surface area contributed by atoms with Gasteiger partial charge in [0.15, 0.2) is 0 Å². The predicted octanol–water partition coefficient (Wildman–Crippen LogP) is 6.11. The van der Waals surface area contributed by atoms with Gasteiger partial charge in [-0.25, -0.2) is 9.50 Å². The molecular weight excluding hydrogens is 461 g/mol. The van der Waals surface area contributed by atoms with Gasteiger partial charge < -0.3 is 5.32 Å². The largest absolute Gasteiger partial charge is 0.418 e.